The van der Waals surface area contributed by atoms with Crippen LogP contribution in [-0.4, -0.2) is 32.8 Å². The SMILES string of the molecule is CCCCCOC(=O)/C(C#N)=C1\C=C(NCCCOC)CCC1. The lowest BCUT2D eigenvalue weighted by atomic mass is 9.95. The van der Waals surface area contributed by atoms with Gasteiger partial charge in [-0.15, -0.1) is 0 Å². The van der Waals surface area contributed by atoms with E-state index in [0.29, 0.717) is 6.61 Å². The number of methoxy groups -OCH3 is 1. The predicted octanol–water partition coefficient (Wildman–Crippen LogP) is 3.23. The fourth-order valence-corrected chi connectivity index (χ4v) is 2.46. The number of hydrogen-bond donors (Lipinski definition) is 1. The Morgan fingerprint density at radius 2 is 2.13 bits per heavy atom. The standard InChI is InChI=1S/C18H28N2O3/c1-3-4-5-12-23-18(21)17(14-19)15-8-6-9-16(13-15)20-10-7-11-22-2/h13,20H,3-12H2,1-2H3/b17-15-. The van der Waals surface area contributed by atoms with Crippen LogP contribution in [0.25, 0.3) is 0 Å². The molecule has 0 fully saturated rings. The lowest BCUT2D eigenvalue weighted by molar-refractivity contribution is -0.138. The Morgan fingerprint density at radius 1 is 1.30 bits per heavy atom. The minimum Gasteiger partial charge on any atom is -0.462 e. The maximum Gasteiger partial charge on any atom is 0.349 e. The highest BCUT2D eigenvalue weighted by atomic mass is 16.5. The highest BCUT2D eigenvalue weighted by molar-refractivity contribution is 5.94. The normalized spacial score (nSPS) is 16.3. The molecule has 0 spiro atoms. The van der Waals surface area contributed by atoms with Gasteiger partial charge < -0.3 is 14.8 Å². The highest BCUT2D eigenvalue weighted by Crippen LogP contribution is 2.24. The van der Waals surface area contributed by atoms with E-state index in [1.54, 1.807) is 7.11 Å². The van der Waals surface area contributed by atoms with Crippen molar-refractivity contribution < 1.29 is 14.3 Å². The number of rotatable bonds is 10. The summed E-state index contributed by atoms with van der Waals surface area (Å²) in [6.45, 7) is 4.03. The molecule has 0 aromatic rings. The molecule has 23 heavy (non-hydrogen) atoms. The zero-order valence-electron chi connectivity index (χ0n) is 14.3. The van der Waals surface area contributed by atoms with Crippen molar-refractivity contribution in [3.63, 3.8) is 0 Å². The van der Waals surface area contributed by atoms with Crippen molar-refractivity contribution in [2.45, 2.75) is 51.9 Å². The van der Waals surface area contributed by atoms with Crippen LogP contribution in [0.5, 0.6) is 0 Å². The third kappa shape index (κ3) is 7.34. The second kappa shape index (κ2) is 11.7. The number of hydrogen-bond acceptors (Lipinski definition) is 5. The van der Waals surface area contributed by atoms with Crippen LogP contribution in [0.15, 0.2) is 22.9 Å². The summed E-state index contributed by atoms with van der Waals surface area (Å²) in [5.41, 5.74) is 2.01. The second-order valence-electron chi connectivity index (χ2n) is 5.65. The van der Waals surface area contributed by atoms with Crippen molar-refractivity contribution in [1.29, 1.82) is 5.26 Å². The monoisotopic (exact) mass is 320 g/mol. The van der Waals surface area contributed by atoms with Crippen LogP contribution >= 0.6 is 0 Å². The molecule has 1 N–H and O–H groups in total. The van der Waals surface area contributed by atoms with Crippen LogP contribution in [0.3, 0.4) is 0 Å². The number of carbonyl (C=O) groups excluding carboxylic acids is 1. The smallest absolute Gasteiger partial charge is 0.349 e. The summed E-state index contributed by atoms with van der Waals surface area (Å²) in [6.07, 6.45) is 8.44. The quantitative estimate of drug-likeness (QED) is 0.289. The Hall–Kier alpha value is -1.80. The summed E-state index contributed by atoms with van der Waals surface area (Å²) in [7, 11) is 1.69. The van der Waals surface area contributed by atoms with Gasteiger partial charge in [0.15, 0.2) is 0 Å². The lowest BCUT2D eigenvalue weighted by Gasteiger charge is -2.18. The van der Waals surface area contributed by atoms with E-state index in [0.717, 1.165) is 69.4 Å². The third-order valence-electron chi connectivity index (χ3n) is 3.74. The van der Waals surface area contributed by atoms with Gasteiger partial charge in [-0.2, -0.15) is 5.26 Å². The summed E-state index contributed by atoms with van der Waals surface area (Å²) in [4.78, 5) is 12.1. The van der Waals surface area contributed by atoms with E-state index in [4.69, 9.17) is 9.47 Å². The predicted molar refractivity (Wildman–Crippen MR) is 89.6 cm³/mol. The van der Waals surface area contributed by atoms with Crippen LogP contribution < -0.4 is 5.32 Å². The third-order valence-corrected chi connectivity index (χ3v) is 3.74. The van der Waals surface area contributed by atoms with E-state index in [1.165, 1.54) is 0 Å². The van der Waals surface area contributed by atoms with Gasteiger partial charge in [-0.3, -0.25) is 0 Å². The molecule has 5 nitrogen and oxygen atoms in total. The van der Waals surface area contributed by atoms with Crippen molar-refractivity contribution in [3.05, 3.63) is 22.9 Å². The Morgan fingerprint density at radius 3 is 2.83 bits per heavy atom. The maximum absolute atomic E-state index is 12.1. The summed E-state index contributed by atoms with van der Waals surface area (Å²) in [5.74, 6) is -0.490. The van der Waals surface area contributed by atoms with Gasteiger partial charge in [0.2, 0.25) is 0 Å². The topological polar surface area (TPSA) is 71.4 Å². The molecule has 1 aliphatic rings. The fraction of sp³-hybridized carbons (Fsp3) is 0.667. The van der Waals surface area contributed by atoms with Gasteiger partial charge in [0.05, 0.1) is 6.61 Å². The van der Waals surface area contributed by atoms with E-state index in [2.05, 4.69) is 12.2 Å². The van der Waals surface area contributed by atoms with E-state index in [-0.39, 0.29) is 5.57 Å². The minimum absolute atomic E-state index is 0.150. The molecular weight excluding hydrogens is 292 g/mol. The van der Waals surface area contributed by atoms with Gasteiger partial charge in [0.1, 0.15) is 11.6 Å². The van der Waals surface area contributed by atoms with Crippen molar-refractivity contribution in [2.75, 3.05) is 26.9 Å². The highest BCUT2D eigenvalue weighted by Gasteiger charge is 2.18. The molecule has 5 heteroatoms. The molecule has 0 aliphatic heterocycles. The van der Waals surface area contributed by atoms with Crippen LogP contribution in [0.2, 0.25) is 0 Å². The first-order valence-electron chi connectivity index (χ1n) is 8.46. The van der Waals surface area contributed by atoms with Gasteiger partial charge in [-0.1, -0.05) is 19.8 Å². The zero-order chi connectivity index (χ0) is 16.9. The Labute approximate surface area is 139 Å². The van der Waals surface area contributed by atoms with Crippen molar-refractivity contribution in [1.82, 2.24) is 5.32 Å². The molecule has 0 unspecified atom stereocenters. The van der Waals surface area contributed by atoms with E-state index >= 15 is 0 Å². The molecule has 0 amide bonds. The van der Waals surface area contributed by atoms with E-state index in [9.17, 15) is 10.1 Å². The molecule has 1 rings (SSSR count). The number of carbonyl (C=O) groups is 1. The van der Waals surface area contributed by atoms with Gasteiger partial charge in [-0.25, -0.2) is 4.79 Å². The van der Waals surface area contributed by atoms with Crippen molar-refractivity contribution in [2.24, 2.45) is 0 Å². The molecule has 0 aromatic carbocycles. The first-order valence-corrected chi connectivity index (χ1v) is 8.46. The number of allylic oxidation sites excluding steroid dienone is 3. The number of unbranched alkanes of at least 4 members (excludes halogenated alkanes) is 2. The molecule has 0 bridgehead atoms. The molecule has 1 aliphatic carbocycles. The van der Waals surface area contributed by atoms with Gasteiger partial charge in [0, 0.05) is 26.0 Å². The average Bonchev–Trinajstić information content (AvgIpc) is 2.57. The number of esters is 1. The van der Waals surface area contributed by atoms with Gasteiger partial charge >= 0.3 is 5.97 Å². The fourth-order valence-electron chi connectivity index (χ4n) is 2.46. The van der Waals surface area contributed by atoms with Crippen LogP contribution in [0.4, 0.5) is 0 Å². The lowest BCUT2D eigenvalue weighted by Crippen LogP contribution is -2.19. The number of nitrogens with zero attached hydrogens (tertiary/aromatic N) is 1. The van der Waals surface area contributed by atoms with Crippen LogP contribution in [-0.2, 0) is 14.3 Å². The van der Waals surface area contributed by atoms with E-state index < -0.39 is 5.97 Å². The number of nitrogens with one attached hydrogen (secondary N) is 1. The molecule has 0 heterocycles. The zero-order valence-corrected chi connectivity index (χ0v) is 14.3. The molecule has 0 aromatic heterocycles. The molecule has 0 radical (unpaired) electrons. The molecule has 0 saturated carbocycles. The first-order chi connectivity index (χ1) is 11.2. The van der Waals surface area contributed by atoms with Crippen molar-refractivity contribution >= 4 is 5.97 Å². The molecule has 128 valence electrons. The number of ether oxygens (including phenoxy) is 2. The second-order valence-corrected chi connectivity index (χ2v) is 5.65. The van der Waals surface area contributed by atoms with Crippen LogP contribution in [0, 0.1) is 11.3 Å². The minimum atomic E-state index is -0.490. The summed E-state index contributed by atoms with van der Waals surface area (Å²) in [5, 5.41) is 12.7. The maximum atomic E-state index is 12.1. The molecular formula is C18H28N2O3. The van der Waals surface area contributed by atoms with Crippen LogP contribution in [0.1, 0.15) is 51.9 Å². The van der Waals surface area contributed by atoms with E-state index in [1.807, 2.05) is 12.1 Å². The van der Waals surface area contributed by atoms with Crippen molar-refractivity contribution in [3.8, 4) is 6.07 Å². The summed E-state index contributed by atoms with van der Waals surface area (Å²) >= 11 is 0. The van der Waals surface area contributed by atoms with Gasteiger partial charge in [-0.05, 0) is 43.8 Å². The molecule has 0 atom stereocenters. The Bertz CT molecular complexity index is 475. The number of nitriles is 1. The summed E-state index contributed by atoms with van der Waals surface area (Å²) < 4.78 is 10.2. The largest absolute Gasteiger partial charge is 0.462 e. The Kier molecular flexibility index (Phi) is 9.81. The Balaban J connectivity index is 2.63. The average molecular weight is 320 g/mol. The first kappa shape index (κ1) is 19.2. The van der Waals surface area contributed by atoms with Gasteiger partial charge in [0.25, 0.3) is 0 Å². The summed E-state index contributed by atoms with van der Waals surface area (Å²) in [6, 6.07) is 2.02. The molecule has 0 saturated heterocycles.